The van der Waals surface area contributed by atoms with Gasteiger partial charge in [0, 0.05) is 33.0 Å². The fourth-order valence-corrected chi connectivity index (χ4v) is 4.48. The van der Waals surface area contributed by atoms with Crippen molar-refractivity contribution in [3.63, 3.8) is 0 Å². The van der Waals surface area contributed by atoms with Gasteiger partial charge in [-0.3, -0.25) is 4.79 Å². The van der Waals surface area contributed by atoms with Crippen LogP contribution in [0.5, 0.6) is 5.75 Å². The topological polar surface area (TPSA) is 43.3 Å². The van der Waals surface area contributed by atoms with Crippen LogP contribution < -0.4 is 10.1 Å². The number of halogens is 1. The third kappa shape index (κ3) is 4.71. The molecule has 3 aromatic carbocycles. The Morgan fingerprint density at radius 1 is 1.03 bits per heavy atom. The predicted octanol–water partition coefficient (Wildman–Crippen LogP) is 6.19. The Hall–Kier alpha value is -2.70. The van der Waals surface area contributed by atoms with Gasteiger partial charge in [-0.25, -0.2) is 0 Å². The molecule has 0 spiro atoms. The first kappa shape index (κ1) is 20.6. The lowest BCUT2D eigenvalue weighted by atomic mass is 10.2. The zero-order valence-corrected chi connectivity index (χ0v) is 18.9. The molecule has 0 aliphatic heterocycles. The van der Waals surface area contributed by atoms with Gasteiger partial charge in [0.15, 0.2) is 0 Å². The molecule has 1 N–H and O–H groups in total. The third-order valence-corrected chi connectivity index (χ3v) is 6.33. The first-order chi connectivity index (χ1) is 14.6. The van der Waals surface area contributed by atoms with Crippen molar-refractivity contribution >= 4 is 50.2 Å². The van der Waals surface area contributed by atoms with Crippen LogP contribution in [0.15, 0.2) is 88.4 Å². The van der Waals surface area contributed by atoms with Crippen LogP contribution >= 0.6 is 27.7 Å². The summed E-state index contributed by atoms with van der Waals surface area (Å²) >= 11 is 5.03. The van der Waals surface area contributed by atoms with E-state index in [-0.39, 0.29) is 5.91 Å². The Bertz CT molecular complexity index is 1170. The van der Waals surface area contributed by atoms with Gasteiger partial charge in [0.25, 0.3) is 0 Å². The molecule has 1 heterocycles. The maximum absolute atomic E-state index is 12.5. The molecule has 0 aliphatic carbocycles. The van der Waals surface area contributed by atoms with Crippen molar-refractivity contribution in [3.8, 4) is 5.75 Å². The molecule has 1 aromatic heterocycles. The van der Waals surface area contributed by atoms with Crippen LogP contribution in [0.2, 0.25) is 0 Å². The van der Waals surface area contributed by atoms with Gasteiger partial charge in [0.2, 0.25) is 5.91 Å². The smallest absolute Gasteiger partial charge is 0.234 e. The van der Waals surface area contributed by atoms with Gasteiger partial charge >= 0.3 is 0 Å². The van der Waals surface area contributed by atoms with Crippen LogP contribution in [-0.2, 0) is 11.3 Å². The number of hydrogen-bond donors (Lipinski definition) is 1. The number of para-hydroxylation sites is 3. The quantitative estimate of drug-likeness (QED) is 0.320. The number of ether oxygens (including phenoxy) is 1. The molecule has 1 amide bonds. The standard InChI is InChI=1S/C24H21BrN2O2S/c1-29-22-9-5-3-7-20(22)26-24(28)16-30-23-15-27(21-8-4-2-6-19(21)23)14-17-10-12-18(25)13-11-17/h2-13,15H,14,16H2,1H3,(H,26,28). The van der Waals surface area contributed by atoms with E-state index in [0.717, 1.165) is 26.8 Å². The average Bonchev–Trinajstić information content (AvgIpc) is 3.12. The summed E-state index contributed by atoms with van der Waals surface area (Å²) < 4.78 is 8.61. The molecule has 0 bridgehead atoms. The van der Waals surface area contributed by atoms with Crippen LogP contribution in [0, 0.1) is 0 Å². The summed E-state index contributed by atoms with van der Waals surface area (Å²) in [6.45, 7) is 0.780. The minimum Gasteiger partial charge on any atom is -0.495 e. The van der Waals surface area contributed by atoms with Crippen molar-refractivity contribution < 1.29 is 9.53 Å². The third-order valence-electron chi connectivity index (χ3n) is 4.76. The van der Waals surface area contributed by atoms with E-state index in [9.17, 15) is 4.79 Å². The number of carbonyl (C=O) groups excluding carboxylic acids is 1. The van der Waals surface area contributed by atoms with Gasteiger partial charge in [0.1, 0.15) is 5.75 Å². The van der Waals surface area contributed by atoms with Gasteiger partial charge in [-0.1, -0.05) is 58.4 Å². The highest BCUT2D eigenvalue weighted by molar-refractivity contribution is 9.10. The summed E-state index contributed by atoms with van der Waals surface area (Å²) in [5.74, 6) is 0.917. The molecule has 4 nitrogen and oxygen atoms in total. The number of aromatic nitrogens is 1. The van der Waals surface area contributed by atoms with Crippen molar-refractivity contribution in [2.45, 2.75) is 11.4 Å². The van der Waals surface area contributed by atoms with Crippen LogP contribution in [0.3, 0.4) is 0 Å². The number of thioether (sulfide) groups is 1. The fraction of sp³-hybridized carbons (Fsp3) is 0.125. The molecule has 4 rings (SSSR count). The number of anilines is 1. The molecule has 0 unspecified atom stereocenters. The summed E-state index contributed by atoms with van der Waals surface area (Å²) in [4.78, 5) is 13.6. The Morgan fingerprint density at radius 2 is 1.77 bits per heavy atom. The van der Waals surface area contributed by atoms with Crippen LogP contribution in [0.1, 0.15) is 5.56 Å². The van der Waals surface area contributed by atoms with E-state index in [1.165, 1.54) is 5.56 Å². The van der Waals surface area contributed by atoms with Gasteiger partial charge in [-0.15, -0.1) is 11.8 Å². The van der Waals surface area contributed by atoms with E-state index in [2.05, 4.69) is 68.4 Å². The number of amides is 1. The lowest BCUT2D eigenvalue weighted by Crippen LogP contribution is -2.14. The Morgan fingerprint density at radius 3 is 2.57 bits per heavy atom. The van der Waals surface area contributed by atoms with E-state index in [1.54, 1.807) is 18.9 Å². The van der Waals surface area contributed by atoms with E-state index < -0.39 is 0 Å². The molecule has 30 heavy (non-hydrogen) atoms. The molecule has 0 aliphatic rings. The monoisotopic (exact) mass is 480 g/mol. The van der Waals surface area contributed by atoms with Crippen LogP contribution in [-0.4, -0.2) is 23.3 Å². The number of methoxy groups -OCH3 is 1. The Balaban J connectivity index is 1.50. The maximum atomic E-state index is 12.5. The van der Waals surface area contributed by atoms with E-state index in [0.29, 0.717) is 17.2 Å². The predicted molar refractivity (Wildman–Crippen MR) is 128 cm³/mol. The van der Waals surface area contributed by atoms with Crippen LogP contribution in [0.25, 0.3) is 10.9 Å². The molecule has 0 saturated heterocycles. The second-order valence-electron chi connectivity index (χ2n) is 6.80. The lowest BCUT2D eigenvalue weighted by Gasteiger charge is -2.09. The van der Waals surface area contributed by atoms with Gasteiger partial charge in [0.05, 0.1) is 18.6 Å². The Kier molecular flexibility index (Phi) is 6.45. The molecular formula is C24H21BrN2O2S. The molecule has 0 saturated carbocycles. The highest BCUT2D eigenvalue weighted by Crippen LogP contribution is 2.31. The maximum Gasteiger partial charge on any atom is 0.234 e. The summed E-state index contributed by atoms with van der Waals surface area (Å²) in [5.41, 5.74) is 3.07. The van der Waals surface area contributed by atoms with E-state index in [1.807, 2.05) is 36.4 Å². The summed E-state index contributed by atoms with van der Waals surface area (Å²) in [6, 6.07) is 24.1. The molecule has 4 aromatic rings. The lowest BCUT2D eigenvalue weighted by molar-refractivity contribution is -0.113. The first-order valence-corrected chi connectivity index (χ1v) is 11.3. The average molecular weight is 481 g/mol. The summed E-state index contributed by atoms with van der Waals surface area (Å²) in [7, 11) is 1.60. The van der Waals surface area contributed by atoms with Crippen molar-refractivity contribution in [2.24, 2.45) is 0 Å². The van der Waals surface area contributed by atoms with Gasteiger partial charge in [-0.05, 0) is 35.9 Å². The Labute approximate surface area is 188 Å². The number of benzene rings is 3. The number of rotatable bonds is 7. The minimum atomic E-state index is -0.0609. The number of nitrogens with zero attached hydrogens (tertiary/aromatic N) is 1. The minimum absolute atomic E-state index is 0.0609. The number of carbonyl (C=O) groups is 1. The number of fused-ring (bicyclic) bond motifs is 1. The molecule has 0 fully saturated rings. The van der Waals surface area contributed by atoms with Crippen molar-refractivity contribution in [2.75, 3.05) is 18.2 Å². The largest absolute Gasteiger partial charge is 0.495 e. The molecular weight excluding hydrogens is 460 g/mol. The van der Waals surface area contributed by atoms with Crippen LogP contribution in [0.4, 0.5) is 5.69 Å². The molecule has 0 radical (unpaired) electrons. The normalized spacial score (nSPS) is 10.9. The van der Waals surface area contributed by atoms with Crippen molar-refractivity contribution in [1.82, 2.24) is 4.57 Å². The summed E-state index contributed by atoms with van der Waals surface area (Å²) in [6.07, 6.45) is 2.13. The van der Waals surface area contributed by atoms with Crippen molar-refractivity contribution in [1.29, 1.82) is 0 Å². The highest BCUT2D eigenvalue weighted by atomic mass is 79.9. The fourth-order valence-electron chi connectivity index (χ4n) is 3.32. The molecule has 152 valence electrons. The summed E-state index contributed by atoms with van der Waals surface area (Å²) in [5, 5.41) is 4.09. The zero-order chi connectivity index (χ0) is 20.9. The van der Waals surface area contributed by atoms with E-state index >= 15 is 0 Å². The van der Waals surface area contributed by atoms with Crippen molar-refractivity contribution in [3.05, 3.63) is 89.0 Å². The number of hydrogen-bond acceptors (Lipinski definition) is 3. The highest BCUT2D eigenvalue weighted by Gasteiger charge is 2.12. The second-order valence-corrected chi connectivity index (χ2v) is 8.73. The van der Waals surface area contributed by atoms with Gasteiger partial charge < -0.3 is 14.6 Å². The van der Waals surface area contributed by atoms with E-state index in [4.69, 9.17) is 4.74 Å². The number of nitrogens with one attached hydrogen (secondary N) is 1. The first-order valence-electron chi connectivity index (χ1n) is 9.52. The van der Waals surface area contributed by atoms with Gasteiger partial charge in [-0.2, -0.15) is 0 Å². The zero-order valence-electron chi connectivity index (χ0n) is 16.5. The molecule has 6 heteroatoms. The second kappa shape index (κ2) is 9.41. The SMILES string of the molecule is COc1ccccc1NC(=O)CSc1cn(Cc2ccc(Br)cc2)c2ccccc12. The molecule has 0 atom stereocenters.